The lowest BCUT2D eigenvalue weighted by Gasteiger charge is -2.23. The molecule has 0 amide bonds. The summed E-state index contributed by atoms with van der Waals surface area (Å²) >= 11 is 5.39. The number of nitrogens with zero attached hydrogens (tertiary/aromatic N) is 1. The third-order valence-corrected chi connectivity index (χ3v) is 4.45. The molecular weight excluding hydrogens is 258 g/mol. The first-order chi connectivity index (χ1) is 6.65. The Hall–Kier alpha value is 0.140. The molecule has 80 valence electrons. The van der Waals surface area contributed by atoms with Gasteiger partial charge in [0.05, 0.1) is 0 Å². The highest BCUT2D eigenvalue weighted by Gasteiger charge is 2.10. The fraction of sp³-hybridized carbons (Fsp3) is 0.636. The van der Waals surface area contributed by atoms with E-state index in [1.165, 1.54) is 22.2 Å². The van der Waals surface area contributed by atoms with Crippen molar-refractivity contribution in [2.45, 2.75) is 39.3 Å². The predicted molar refractivity (Wildman–Crippen MR) is 67.9 cm³/mol. The summed E-state index contributed by atoms with van der Waals surface area (Å²) in [7, 11) is 2.20. The van der Waals surface area contributed by atoms with Crippen LogP contribution in [-0.2, 0) is 6.54 Å². The molecule has 0 aromatic carbocycles. The molecule has 1 rings (SSSR count). The molecule has 1 unspecified atom stereocenters. The topological polar surface area (TPSA) is 3.24 Å². The normalized spacial score (nSPS) is 13.5. The molecule has 0 aliphatic heterocycles. The van der Waals surface area contributed by atoms with Crippen LogP contribution in [0.2, 0.25) is 0 Å². The lowest BCUT2D eigenvalue weighted by atomic mass is 10.2. The van der Waals surface area contributed by atoms with E-state index in [0.717, 1.165) is 6.54 Å². The van der Waals surface area contributed by atoms with E-state index in [1.807, 2.05) is 11.3 Å². The number of rotatable bonds is 5. The fourth-order valence-electron chi connectivity index (χ4n) is 1.46. The van der Waals surface area contributed by atoms with Crippen molar-refractivity contribution in [3.05, 3.63) is 20.8 Å². The summed E-state index contributed by atoms with van der Waals surface area (Å²) in [5, 5.41) is 2.14. The second-order valence-electron chi connectivity index (χ2n) is 3.74. The molecule has 1 aromatic rings. The van der Waals surface area contributed by atoms with Gasteiger partial charge in [0.25, 0.3) is 0 Å². The number of thiophene rings is 1. The van der Waals surface area contributed by atoms with E-state index in [1.54, 1.807) is 0 Å². The highest BCUT2D eigenvalue weighted by Crippen LogP contribution is 2.24. The highest BCUT2D eigenvalue weighted by molar-refractivity contribution is 9.10. The number of hydrogen-bond donors (Lipinski definition) is 0. The van der Waals surface area contributed by atoms with Gasteiger partial charge in [-0.15, -0.1) is 11.3 Å². The molecule has 1 nitrogen and oxygen atoms in total. The van der Waals surface area contributed by atoms with Gasteiger partial charge in [-0.3, -0.25) is 4.90 Å². The minimum Gasteiger partial charge on any atom is -0.299 e. The van der Waals surface area contributed by atoms with Crippen molar-refractivity contribution in [1.82, 2.24) is 4.90 Å². The van der Waals surface area contributed by atoms with Crippen LogP contribution in [0, 0.1) is 0 Å². The molecular formula is C11H18BrNS. The summed E-state index contributed by atoms with van der Waals surface area (Å²) < 4.78 is 1.25. The minimum absolute atomic E-state index is 0.675. The molecule has 3 heteroatoms. The van der Waals surface area contributed by atoms with Gasteiger partial charge in [0.2, 0.25) is 0 Å². The molecule has 14 heavy (non-hydrogen) atoms. The van der Waals surface area contributed by atoms with Gasteiger partial charge in [-0.05, 0) is 47.8 Å². The van der Waals surface area contributed by atoms with Gasteiger partial charge >= 0.3 is 0 Å². The fourth-order valence-corrected chi connectivity index (χ4v) is 3.00. The average molecular weight is 276 g/mol. The Balaban J connectivity index is 2.48. The Labute approximate surface area is 99.3 Å². The Morgan fingerprint density at radius 3 is 2.79 bits per heavy atom. The monoisotopic (exact) mass is 275 g/mol. The maximum Gasteiger partial charge on any atom is 0.0339 e. The van der Waals surface area contributed by atoms with E-state index in [0.29, 0.717) is 6.04 Å². The highest BCUT2D eigenvalue weighted by atomic mass is 79.9. The largest absolute Gasteiger partial charge is 0.299 e. The first-order valence-corrected chi connectivity index (χ1v) is 6.74. The van der Waals surface area contributed by atoms with E-state index < -0.39 is 0 Å². The van der Waals surface area contributed by atoms with Crippen molar-refractivity contribution >= 4 is 27.3 Å². The molecule has 0 spiro atoms. The van der Waals surface area contributed by atoms with Crippen molar-refractivity contribution in [2.24, 2.45) is 0 Å². The molecule has 1 atom stereocenters. The maximum absolute atomic E-state index is 3.57. The van der Waals surface area contributed by atoms with Crippen LogP contribution in [0.15, 0.2) is 15.9 Å². The SMILES string of the molecule is CCCC(C)N(C)Cc1sccc1Br. The van der Waals surface area contributed by atoms with Crippen LogP contribution >= 0.6 is 27.3 Å². The van der Waals surface area contributed by atoms with Crippen molar-refractivity contribution in [3.8, 4) is 0 Å². The van der Waals surface area contributed by atoms with Crippen LogP contribution in [0.4, 0.5) is 0 Å². The van der Waals surface area contributed by atoms with Crippen molar-refractivity contribution in [2.75, 3.05) is 7.05 Å². The summed E-state index contributed by atoms with van der Waals surface area (Å²) in [4.78, 5) is 3.84. The van der Waals surface area contributed by atoms with E-state index in [-0.39, 0.29) is 0 Å². The molecule has 0 saturated heterocycles. The van der Waals surface area contributed by atoms with E-state index >= 15 is 0 Å². The Morgan fingerprint density at radius 1 is 1.57 bits per heavy atom. The molecule has 0 saturated carbocycles. The summed E-state index contributed by atoms with van der Waals surface area (Å²) in [5.41, 5.74) is 0. The molecule has 0 bridgehead atoms. The zero-order valence-corrected chi connectivity index (χ0v) is 11.5. The lowest BCUT2D eigenvalue weighted by Crippen LogP contribution is -2.28. The molecule has 0 radical (unpaired) electrons. The molecule has 0 aliphatic rings. The van der Waals surface area contributed by atoms with Crippen molar-refractivity contribution < 1.29 is 0 Å². The number of halogens is 1. The Kier molecular flexibility index (Phi) is 5.13. The van der Waals surface area contributed by atoms with E-state index in [9.17, 15) is 0 Å². The van der Waals surface area contributed by atoms with Crippen LogP contribution in [-0.4, -0.2) is 18.0 Å². The van der Waals surface area contributed by atoms with E-state index in [4.69, 9.17) is 0 Å². The Morgan fingerprint density at radius 2 is 2.29 bits per heavy atom. The molecule has 1 aromatic heterocycles. The maximum atomic E-state index is 3.57. The third kappa shape index (κ3) is 3.37. The molecule has 0 N–H and O–H groups in total. The zero-order valence-electron chi connectivity index (χ0n) is 9.09. The van der Waals surface area contributed by atoms with Crippen LogP contribution in [0.5, 0.6) is 0 Å². The smallest absolute Gasteiger partial charge is 0.0339 e. The van der Waals surface area contributed by atoms with E-state index in [2.05, 4.69) is 53.2 Å². The summed E-state index contributed by atoms with van der Waals surface area (Å²) in [6.07, 6.45) is 2.54. The second-order valence-corrected chi connectivity index (χ2v) is 5.60. The molecule has 0 fully saturated rings. The molecule has 1 heterocycles. The summed E-state index contributed by atoms with van der Waals surface area (Å²) in [6, 6.07) is 2.80. The first-order valence-electron chi connectivity index (χ1n) is 5.07. The first kappa shape index (κ1) is 12.2. The van der Waals surface area contributed by atoms with Gasteiger partial charge in [0.1, 0.15) is 0 Å². The van der Waals surface area contributed by atoms with Crippen molar-refractivity contribution in [3.63, 3.8) is 0 Å². The van der Waals surface area contributed by atoms with Gasteiger partial charge in [-0.25, -0.2) is 0 Å². The second kappa shape index (κ2) is 5.89. The van der Waals surface area contributed by atoms with Crippen LogP contribution < -0.4 is 0 Å². The van der Waals surface area contributed by atoms with Gasteiger partial charge in [0, 0.05) is 21.9 Å². The lowest BCUT2D eigenvalue weighted by molar-refractivity contribution is 0.238. The van der Waals surface area contributed by atoms with Crippen LogP contribution in [0.3, 0.4) is 0 Å². The van der Waals surface area contributed by atoms with Gasteiger partial charge in [-0.2, -0.15) is 0 Å². The minimum atomic E-state index is 0.675. The predicted octanol–water partition coefficient (Wildman–Crippen LogP) is 4.13. The van der Waals surface area contributed by atoms with Gasteiger partial charge in [-0.1, -0.05) is 13.3 Å². The van der Waals surface area contributed by atoms with Crippen molar-refractivity contribution in [1.29, 1.82) is 0 Å². The molecule has 0 aliphatic carbocycles. The standard InChI is InChI=1S/C11H18BrNS/c1-4-5-9(2)13(3)8-11-10(12)6-7-14-11/h6-7,9H,4-5,8H2,1-3H3. The zero-order chi connectivity index (χ0) is 10.6. The van der Waals surface area contributed by atoms with Crippen LogP contribution in [0.25, 0.3) is 0 Å². The summed E-state index contributed by atoms with van der Waals surface area (Å²) in [5.74, 6) is 0. The quantitative estimate of drug-likeness (QED) is 0.781. The third-order valence-electron chi connectivity index (χ3n) is 2.54. The Bertz CT molecular complexity index is 272. The van der Waals surface area contributed by atoms with Gasteiger partial charge in [0.15, 0.2) is 0 Å². The number of hydrogen-bond acceptors (Lipinski definition) is 2. The van der Waals surface area contributed by atoms with Gasteiger partial charge < -0.3 is 0 Å². The summed E-state index contributed by atoms with van der Waals surface area (Å²) in [6.45, 7) is 5.59. The van der Waals surface area contributed by atoms with Crippen LogP contribution in [0.1, 0.15) is 31.6 Å². The average Bonchev–Trinajstić information content (AvgIpc) is 2.52.